The lowest BCUT2D eigenvalue weighted by Crippen LogP contribution is -2.47. The van der Waals surface area contributed by atoms with E-state index in [1.54, 1.807) is 4.90 Å². The van der Waals surface area contributed by atoms with Crippen LogP contribution < -0.4 is 9.80 Å². The number of aromatic carboxylic acids is 1. The molecular formula is C17H16N4O6. The number of non-ortho nitro benzene ring substituents is 1. The van der Waals surface area contributed by atoms with Crippen molar-refractivity contribution in [3.8, 4) is 0 Å². The number of benzene rings is 2. The summed E-state index contributed by atoms with van der Waals surface area (Å²) in [6.07, 6.45) is 0. The van der Waals surface area contributed by atoms with Crippen LogP contribution >= 0.6 is 0 Å². The number of para-hydroxylation sites is 1. The first-order valence-corrected chi connectivity index (χ1v) is 8.13. The second-order valence-corrected chi connectivity index (χ2v) is 5.99. The van der Waals surface area contributed by atoms with Crippen LogP contribution in [0.2, 0.25) is 0 Å². The molecular weight excluding hydrogens is 356 g/mol. The molecule has 1 heterocycles. The fraction of sp³-hybridized carbons (Fsp3) is 0.235. The van der Waals surface area contributed by atoms with Crippen molar-refractivity contribution in [2.45, 2.75) is 0 Å². The van der Waals surface area contributed by atoms with Gasteiger partial charge in [-0.3, -0.25) is 20.2 Å². The monoisotopic (exact) mass is 372 g/mol. The first-order valence-electron chi connectivity index (χ1n) is 8.13. The van der Waals surface area contributed by atoms with Gasteiger partial charge in [-0.05, 0) is 12.1 Å². The van der Waals surface area contributed by atoms with Gasteiger partial charge in [0.15, 0.2) is 0 Å². The van der Waals surface area contributed by atoms with Crippen molar-refractivity contribution in [1.82, 2.24) is 0 Å². The van der Waals surface area contributed by atoms with Crippen LogP contribution in [0.15, 0.2) is 42.5 Å². The van der Waals surface area contributed by atoms with Crippen molar-refractivity contribution in [2.75, 3.05) is 36.0 Å². The van der Waals surface area contributed by atoms with Crippen molar-refractivity contribution >= 4 is 28.7 Å². The quantitative estimate of drug-likeness (QED) is 0.626. The van der Waals surface area contributed by atoms with E-state index < -0.39 is 32.8 Å². The number of piperazine rings is 1. The third-order valence-electron chi connectivity index (χ3n) is 4.43. The van der Waals surface area contributed by atoms with E-state index in [1.165, 1.54) is 0 Å². The number of nitro benzene ring substituents is 2. The molecule has 0 atom stereocenters. The van der Waals surface area contributed by atoms with E-state index in [0.717, 1.165) is 17.8 Å². The number of carboxylic acids is 1. The lowest BCUT2D eigenvalue weighted by molar-refractivity contribution is -0.393. The molecule has 1 saturated heterocycles. The van der Waals surface area contributed by atoms with Crippen LogP contribution in [0.25, 0.3) is 0 Å². The summed E-state index contributed by atoms with van der Waals surface area (Å²) >= 11 is 0. The molecule has 27 heavy (non-hydrogen) atoms. The molecule has 2 aromatic rings. The number of carbonyl (C=O) groups is 1. The molecule has 0 saturated carbocycles. The SMILES string of the molecule is O=C(O)c1cc([N+](=O)[O-])cc([N+](=O)[O-])c1N1CCN(c2ccccc2)CC1. The summed E-state index contributed by atoms with van der Waals surface area (Å²) in [6.45, 7) is 1.79. The van der Waals surface area contributed by atoms with Gasteiger partial charge < -0.3 is 14.9 Å². The Balaban J connectivity index is 1.95. The second kappa shape index (κ2) is 7.28. The number of hydrogen-bond donors (Lipinski definition) is 1. The highest BCUT2D eigenvalue weighted by Crippen LogP contribution is 2.37. The smallest absolute Gasteiger partial charge is 0.338 e. The molecule has 140 valence electrons. The fourth-order valence-corrected chi connectivity index (χ4v) is 3.17. The summed E-state index contributed by atoms with van der Waals surface area (Å²) in [5, 5.41) is 31.9. The third kappa shape index (κ3) is 3.64. The maximum atomic E-state index is 11.6. The number of nitro groups is 2. The summed E-state index contributed by atoms with van der Waals surface area (Å²) in [5.41, 5.74) is -0.718. The van der Waals surface area contributed by atoms with Gasteiger partial charge in [0, 0.05) is 37.9 Å². The molecule has 1 aliphatic heterocycles. The van der Waals surface area contributed by atoms with Gasteiger partial charge in [-0.1, -0.05) is 18.2 Å². The van der Waals surface area contributed by atoms with Crippen molar-refractivity contribution < 1.29 is 19.7 Å². The van der Waals surface area contributed by atoms with E-state index in [0.29, 0.717) is 26.2 Å². The lowest BCUT2D eigenvalue weighted by Gasteiger charge is -2.37. The van der Waals surface area contributed by atoms with Crippen LogP contribution in [0.1, 0.15) is 10.4 Å². The van der Waals surface area contributed by atoms with E-state index in [4.69, 9.17) is 0 Å². The van der Waals surface area contributed by atoms with Gasteiger partial charge >= 0.3 is 5.97 Å². The van der Waals surface area contributed by atoms with E-state index in [9.17, 15) is 30.1 Å². The molecule has 1 aliphatic rings. The van der Waals surface area contributed by atoms with Crippen molar-refractivity contribution in [1.29, 1.82) is 0 Å². The number of carboxylic acid groups (broad SMARTS) is 1. The van der Waals surface area contributed by atoms with Gasteiger partial charge in [0.2, 0.25) is 0 Å². The van der Waals surface area contributed by atoms with Gasteiger partial charge in [-0.25, -0.2) is 4.79 Å². The first kappa shape index (κ1) is 18.1. The van der Waals surface area contributed by atoms with E-state index in [1.807, 2.05) is 30.3 Å². The molecule has 0 amide bonds. The first-order chi connectivity index (χ1) is 12.9. The molecule has 10 nitrogen and oxygen atoms in total. The minimum Gasteiger partial charge on any atom is -0.478 e. The van der Waals surface area contributed by atoms with Crippen molar-refractivity contribution in [3.05, 3.63) is 68.3 Å². The van der Waals surface area contributed by atoms with Crippen molar-refractivity contribution in [3.63, 3.8) is 0 Å². The highest BCUT2D eigenvalue weighted by Gasteiger charge is 2.32. The summed E-state index contributed by atoms with van der Waals surface area (Å²) in [7, 11) is 0. The standard InChI is InChI=1S/C17H16N4O6/c22-17(23)14-10-13(20(24)25)11-15(21(26)27)16(14)19-8-6-18(7-9-19)12-4-2-1-3-5-12/h1-5,10-11H,6-9H2,(H,22,23). The summed E-state index contributed by atoms with van der Waals surface area (Å²) in [6, 6.07) is 11.3. The Kier molecular flexibility index (Phi) is 4.88. The summed E-state index contributed by atoms with van der Waals surface area (Å²) in [4.78, 5) is 36.2. The van der Waals surface area contributed by atoms with Gasteiger partial charge in [0.25, 0.3) is 11.4 Å². The molecule has 10 heteroatoms. The Morgan fingerprint density at radius 3 is 2.04 bits per heavy atom. The topological polar surface area (TPSA) is 130 Å². The van der Waals surface area contributed by atoms with E-state index in [2.05, 4.69) is 4.90 Å². The van der Waals surface area contributed by atoms with Crippen LogP contribution in [-0.4, -0.2) is 47.1 Å². The third-order valence-corrected chi connectivity index (χ3v) is 4.43. The van der Waals surface area contributed by atoms with Crippen LogP contribution in [-0.2, 0) is 0 Å². The molecule has 2 aromatic carbocycles. The maximum Gasteiger partial charge on any atom is 0.338 e. The molecule has 0 aliphatic carbocycles. The molecule has 0 unspecified atom stereocenters. The average molecular weight is 372 g/mol. The van der Waals surface area contributed by atoms with Crippen LogP contribution in [0, 0.1) is 20.2 Å². The minimum atomic E-state index is -1.44. The molecule has 1 N–H and O–H groups in total. The number of nitrogens with zero attached hydrogens (tertiary/aromatic N) is 4. The zero-order valence-electron chi connectivity index (χ0n) is 14.1. The molecule has 0 aromatic heterocycles. The highest BCUT2D eigenvalue weighted by molar-refractivity contribution is 5.98. The Hall–Kier alpha value is -3.69. The number of rotatable bonds is 5. The van der Waals surface area contributed by atoms with Crippen LogP contribution in [0.4, 0.5) is 22.7 Å². The Morgan fingerprint density at radius 1 is 0.926 bits per heavy atom. The molecule has 3 rings (SSSR count). The van der Waals surface area contributed by atoms with Crippen molar-refractivity contribution in [2.24, 2.45) is 0 Å². The Morgan fingerprint density at radius 2 is 1.52 bits per heavy atom. The van der Waals surface area contributed by atoms with Gasteiger partial charge in [-0.15, -0.1) is 0 Å². The fourth-order valence-electron chi connectivity index (χ4n) is 3.17. The minimum absolute atomic E-state index is 0.0918. The molecule has 0 spiro atoms. The van der Waals surface area contributed by atoms with E-state index in [-0.39, 0.29) is 5.69 Å². The summed E-state index contributed by atoms with van der Waals surface area (Å²) in [5.74, 6) is -1.44. The van der Waals surface area contributed by atoms with Gasteiger partial charge in [-0.2, -0.15) is 0 Å². The summed E-state index contributed by atoms with van der Waals surface area (Å²) < 4.78 is 0. The lowest BCUT2D eigenvalue weighted by atomic mass is 10.1. The Labute approximate surface area is 153 Å². The number of hydrogen-bond acceptors (Lipinski definition) is 7. The van der Waals surface area contributed by atoms with Gasteiger partial charge in [0.1, 0.15) is 5.69 Å². The predicted molar refractivity (Wildman–Crippen MR) is 97.6 cm³/mol. The second-order valence-electron chi connectivity index (χ2n) is 5.99. The molecule has 0 bridgehead atoms. The largest absolute Gasteiger partial charge is 0.478 e. The van der Waals surface area contributed by atoms with Crippen LogP contribution in [0.3, 0.4) is 0 Å². The average Bonchev–Trinajstić information content (AvgIpc) is 2.67. The normalized spacial score (nSPS) is 14.1. The maximum absolute atomic E-state index is 11.6. The predicted octanol–water partition coefficient (Wildman–Crippen LogP) is 2.53. The number of anilines is 2. The van der Waals surface area contributed by atoms with Crippen LogP contribution in [0.5, 0.6) is 0 Å². The molecule has 1 fully saturated rings. The Bertz CT molecular complexity index is 859. The highest BCUT2D eigenvalue weighted by atomic mass is 16.6. The van der Waals surface area contributed by atoms with Gasteiger partial charge in [0.05, 0.1) is 21.5 Å². The van der Waals surface area contributed by atoms with E-state index >= 15 is 0 Å². The zero-order valence-corrected chi connectivity index (χ0v) is 14.1. The zero-order chi connectivity index (χ0) is 19.6. The molecule has 0 radical (unpaired) electrons.